The third-order valence-electron chi connectivity index (χ3n) is 4.31. The highest BCUT2D eigenvalue weighted by atomic mass is 32.1. The standard InChI is InChI=1S/C20H15N3O3S/c24-16-9-8-13-5-1-2-6-15(13)19(16)20(22-17-7-3-4-10-21-17)14-11-18(23(25)26)27-12-14/h1-12,20,24H,(H,21,22). The lowest BCUT2D eigenvalue weighted by atomic mass is 9.94. The first-order valence-corrected chi connectivity index (χ1v) is 9.12. The number of pyridine rings is 1. The maximum absolute atomic E-state index is 11.1. The zero-order valence-corrected chi connectivity index (χ0v) is 14.9. The van der Waals surface area contributed by atoms with Crippen LogP contribution < -0.4 is 5.32 Å². The van der Waals surface area contributed by atoms with Gasteiger partial charge in [-0.25, -0.2) is 4.98 Å². The molecule has 0 saturated heterocycles. The van der Waals surface area contributed by atoms with E-state index in [2.05, 4.69) is 10.3 Å². The van der Waals surface area contributed by atoms with Crippen molar-refractivity contribution in [3.63, 3.8) is 0 Å². The van der Waals surface area contributed by atoms with Crippen molar-refractivity contribution in [3.05, 3.63) is 93.5 Å². The quantitative estimate of drug-likeness (QED) is 0.373. The zero-order valence-electron chi connectivity index (χ0n) is 14.1. The van der Waals surface area contributed by atoms with E-state index in [0.29, 0.717) is 16.9 Å². The van der Waals surface area contributed by atoms with E-state index in [1.165, 1.54) is 6.07 Å². The molecule has 4 aromatic rings. The number of nitrogens with one attached hydrogen (secondary N) is 1. The van der Waals surface area contributed by atoms with Crippen LogP contribution in [-0.2, 0) is 0 Å². The molecular formula is C20H15N3O3S. The van der Waals surface area contributed by atoms with Crippen molar-refractivity contribution in [2.24, 2.45) is 0 Å². The summed E-state index contributed by atoms with van der Waals surface area (Å²) in [4.78, 5) is 15.0. The monoisotopic (exact) mass is 377 g/mol. The van der Waals surface area contributed by atoms with Crippen LogP contribution in [0.1, 0.15) is 17.2 Å². The molecule has 27 heavy (non-hydrogen) atoms. The van der Waals surface area contributed by atoms with Crippen molar-refractivity contribution < 1.29 is 10.0 Å². The summed E-state index contributed by atoms with van der Waals surface area (Å²) in [6, 6.07) is 17.7. The Morgan fingerprint density at radius 3 is 2.67 bits per heavy atom. The Morgan fingerprint density at radius 2 is 1.93 bits per heavy atom. The Kier molecular flexibility index (Phi) is 4.43. The minimum atomic E-state index is -0.490. The molecule has 0 radical (unpaired) electrons. The maximum Gasteiger partial charge on any atom is 0.324 e. The number of aromatic hydroxyl groups is 1. The van der Waals surface area contributed by atoms with Crippen molar-refractivity contribution in [3.8, 4) is 5.75 Å². The number of nitrogens with zero attached hydrogens (tertiary/aromatic N) is 2. The molecule has 6 nitrogen and oxygen atoms in total. The lowest BCUT2D eigenvalue weighted by Gasteiger charge is -2.21. The van der Waals surface area contributed by atoms with E-state index in [1.54, 1.807) is 17.6 Å². The van der Waals surface area contributed by atoms with Gasteiger partial charge in [-0.2, -0.15) is 0 Å². The number of hydrogen-bond acceptors (Lipinski definition) is 6. The molecule has 0 amide bonds. The number of rotatable bonds is 5. The fourth-order valence-corrected chi connectivity index (χ4v) is 3.84. The molecule has 4 rings (SSSR count). The van der Waals surface area contributed by atoms with Crippen molar-refractivity contribution in [1.82, 2.24) is 4.98 Å². The van der Waals surface area contributed by atoms with Crippen LogP contribution in [0.3, 0.4) is 0 Å². The molecule has 0 aliphatic rings. The number of thiophene rings is 1. The summed E-state index contributed by atoms with van der Waals surface area (Å²) in [5, 5.41) is 28.7. The van der Waals surface area contributed by atoms with Gasteiger partial charge in [0.15, 0.2) is 0 Å². The number of phenols is 1. The van der Waals surface area contributed by atoms with Gasteiger partial charge in [0.25, 0.3) is 0 Å². The highest BCUT2D eigenvalue weighted by molar-refractivity contribution is 7.13. The van der Waals surface area contributed by atoms with Crippen molar-refractivity contribution in [1.29, 1.82) is 0 Å². The molecular weight excluding hydrogens is 362 g/mol. The van der Waals surface area contributed by atoms with Crippen LogP contribution in [0.15, 0.2) is 72.2 Å². The van der Waals surface area contributed by atoms with E-state index in [9.17, 15) is 15.2 Å². The molecule has 2 N–H and O–H groups in total. The first-order valence-electron chi connectivity index (χ1n) is 8.24. The number of benzene rings is 2. The Morgan fingerprint density at radius 1 is 1.11 bits per heavy atom. The number of phenolic OH excluding ortho intramolecular Hbond substituents is 1. The Bertz CT molecular complexity index is 1110. The summed E-state index contributed by atoms with van der Waals surface area (Å²) in [6.45, 7) is 0. The largest absolute Gasteiger partial charge is 0.508 e. The molecule has 2 heterocycles. The van der Waals surface area contributed by atoms with Crippen LogP contribution >= 0.6 is 11.3 Å². The zero-order chi connectivity index (χ0) is 18.8. The summed E-state index contributed by atoms with van der Waals surface area (Å²) in [5.41, 5.74) is 1.36. The minimum Gasteiger partial charge on any atom is -0.508 e. The third kappa shape index (κ3) is 3.32. The first kappa shape index (κ1) is 17.0. The van der Waals surface area contributed by atoms with Crippen LogP contribution in [-0.4, -0.2) is 15.0 Å². The second kappa shape index (κ2) is 7.05. The number of anilines is 1. The molecule has 0 spiro atoms. The number of nitro groups is 1. The summed E-state index contributed by atoms with van der Waals surface area (Å²) in [7, 11) is 0. The van der Waals surface area contributed by atoms with Crippen molar-refractivity contribution in [2.45, 2.75) is 6.04 Å². The predicted octanol–water partition coefficient (Wildman–Crippen LogP) is 5.11. The highest BCUT2D eigenvalue weighted by Crippen LogP contribution is 2.40. The molecule has 1 atom stereocenters. The second-order valence-corrected chi connectivity index (χ2v) is 6.88. The molecule has 7 heteroatoms. The van der Waals surface area contributed by atoms with Gasteiger partial charge in [-0.3, -0.25) is 10.1 Å². The fourth-order valence-electron chi connectivity index (χ4n) is 3.09. The van der Waals surface area contributed by atoms with E-state index in [-0.39, 0.29) is 10.8 Å². The van der Waals surface area contributed by atoms with Gasteiger partial charge in [-0.05, 0) is 34.5 Å². The topological polar surface area (TPSA) is 88.3 Å². The Balaban J connectivity index is 1.90. The molecule has 0 aliphatic heterocycles. The average molecular weight is 377 g/mol. The van der Waals surface area contributed by atoms with E-state index in [4.69, 9.17) is 0 Å². The van der Waals surface area contributed by atoms with E-state index in [0.717, 1.165) is 22.1 Å². The van der Waals surface area contributed by atoms with Crippen LogP contribution in [0.25, 0.3) is 10.8 Å². The van der Waals surface area contributed by atoms with Crippen LogP contribution in [0.4, 0.5) is 10.8 Å². The van der Waals surface area contributed by atoms with Gasteiger partial charge in [0.1, 0.15) is 11.6 Å². The lowest BCUT2D eigenvalue weighted by Crippen LogP contribution is -2.13. The van der Waals surface area contributed by atoms with Gasteiger partial charge >= 0.3 is 5.00 Å². The van der Waals surface area contributed by atoms with Gasteiger partial charge in [0.2, 0.25) is 0 Å². The number of fused-ring (bicyclic) bond motifs is 1. The van der Waals surface area contributed by atoms with Crippen LogP contribution in [0.5, 0.6) is 5.75 Å². The lowest BCUT2D eigenvalue weighted by molar-refractivity contribution is -0.380. The number of aromatic nitrogens is 1. The second-order valence-electron chi connectivity index (χ2n) is 5.99. The molecule has 2 aromatic carbocycles. The molecule has 1 unspecified atom stereocenters. The van der Waals surface area contributed by atoms with E-state index < -0.39 is 11.0 Å². The SMILES string of the molecule is O=[N+]([O-])c1cc(C(Nc2ccccn2)c2c(O)ccc3ccccc23)cs1. The van der Waals surface area contributed by atoms with Gasteiger partial charge < -0.3 is 10.4 Å². The molecule has 0 bridgehead atoms. The Labute approximate surface area is 158 Å². The summed E-state index contributed by atoms with van der Waals surface area (Å²) in [5.74, 6) is 0.736. The predicted molar refractivity (Wildman–Crippen MR) is 106 cm³/mol. The molecule has 0 saturated carbocycles. The van der Waals surface area contributed by atoms with Crippen LogP contribution in [0, 0.1) is 10.1 Å². The van der Waals surface area contributed by atoms with Crippen molar-refractivity contribution in [2.75, 3.05) is 5.32 Å². The van der Waals surface area contributed by atoms with E-state index in [1.807, 2.05) is 48.5 Å². The summed E-state index contributed by atoms with van der Waals surface area (Å²) in [6.07, 6.45) is 1.67. The van der Waals surface area contributed by atoms with Crippen LogP contribution in [0.2, 0.25) is 0 Å². The molecule has 2 aromatic heterocycles. The van der Waals surface area contributed by atoms with E-state index >= 15 is 0 Å². The highest BCUT2D eigenvalue weighted by Gasteiger charge is 2.24. The minimum absolute atomic E-state index is 0.0533. The number of hydrogen-bond donors (Lipinski definition) is 2. The molecule has 0 fully saturated rings. The summed E-state index contributed by atoms with van der Waals surface area (Å²) < 4.78 is 0. The Hall–Kier alpha value is -3.45. The van der Waals surface area contributed by atoms with Gasteiger partial charge in [0, 0.05) is 23.2 Å². The average Bonchev–Trinajstić information content (AvgIpc) is 3.18. The van der Waals surface area contributed by atoms with Gasteiger partial charge in [-0.1, -0.05) is 47.7 Å². The van der Waals surface area contributed by atoms with Gasteiger partial charge in [-0.15, -0.1) is 0 Å². The van der Waals surface area contributed by atoms with Crippen molar-refractivity contribution >= 4 is 32.9 Å². The fraction of sp³-hybridized carbons (Fsp3) is 0.0500. The molecule has 0 aliphatic carbocycles. The smallest absolute Gasteiger partial charge is 0.324 e. The summed E-state index contributed by atoms with van der Waals surface area (Å²) >= 11 is 1.06. The third-order valence-corrected chi connectivity index (χ3v) is 5.21. The molecule has 134 valence electrons. The maximum atomic E-state index is 11.1. The normalized spacial score (nSPS) is 12.0. The first-order chi connectivity index (χ1) is 13.1. The van der Waals surface area contributed by atoms with Gasteiger partial charge in [0.05, 0.1) is 11.0 Å².